The van der Waals surface area contributed by atoms with Gasteiger partial charge in [0, 0.05) is 29.7 Å². The van der Waals surface area contributed by atoms with Crippen molar-refractivity contribution in [2.24, 2.45) is 5.41 Å². The topological polar surface area (TPSA) is 52.7 Å². The summed E-state index contributed by atoms with van der Waals surface area (Å²) in [5, 5.41) is 3.71. The average Bonchev–Trinajstić information content (AvgIpc) is 3.27. The fraction of sp³-hybridized carbons (Fsp3) is 0.500. The second-order valence-electron chi connectivity index (χ2n) is 7.40. The highest BCUT2D eigenvalue weighted by atomic mass is 35.5. The van der Waals surface area contributed by atoms with Crippen LogP contribution in [0.25, 0.3) is 0 Å². The number of hydrogen-bond donors (Lipinski definition) is 1. The van der Waals surface area contributed by atoms with E-state index < -0.39 is 5.41 Å². The molecule has 1 aromatic rings. The molecule has 5 rings (SSSR count). The SMILES string of the molecule is O=C1NC(=S)N(C2CC2)C(=O)[C@]12Cc1c(Cl)cccc1N1CCC[C@@H]12. The Bertz CT molecular complexity index is 825. The molecule has 4 aliphatic rings. The Morgan fingerprint density at radius 1 is 1.24 bits per heavy atom. The Morgan fingerprint density at radius 3 is 2.80 bits per heavy atom. The lowest BCUT2D eigenvalue weighted by Crippen LogP contribution is -2.71. The summed E-state index contributed by atoms with van der Waals surface area (Å²) in [6.45, 7) is 0.841. The fourth-order valence-electron chi connectivity index (χ4n) is 4.74. The van der Waals surface area contributed by atoms with Crippen LogP contribution in [0.15, 0.2) is 18.2 Å². The molecule has 1 saturated carbocycles. The Labute approximate surface area is 156 Å². The fourth-order valence-corrected chi connectivity index (χ4v) is 5.30. The van der Waals surface area contributed by atoms with E-state index in [0.29, 0.717) is 11.4 Å². The predicted octanol–water partition coefficient (Wildman–Crippen LogP) is 2.26. The smallest absolute Gasteiger partial charge is 0.247 e. The second kappa shape index (κ2) is 5.17. The summed E-state index contributed by atoms with van der Waals surface area (Å²) < 4.78 is 0. The number of amides is 2. The highest BCUT2D eigenvalue weighted by Gasteiger charge is 2.63. The summed E-state index contributed by atoms with van der Waals surface area (Å²) in [4.78, 5) is 30.6. The Hall–Kier alpha value is -1.66. The molecule has 1 aromatic carbocycles. The highest BCUT2D eigenvalue weighted by Crippen LogP contribution is 2.50. The van der Waals surface area contributed by atoms with Crippen molar-refractivity contribution in [1.82, 2.24) is 10.2 Å². The number of nitrogens with zero attached hydrogens (tertiary/aromatic N) is 2. The maximum Gasteiger partial charge on any atom is 0.247 e. The Kier molecular flexibility index (Phi) is 3.23. The number of nitrogens with one attached hydrogen (secondary N) is 1. The number of carbonyl (C=O) groups is 2. The predicted molar refractivity (Wildman–Crippen MR) is 98.6 cm³/mol. The van der Waals surface area contributed by atoms with Crippen LogP contribution in [-0.4, -0.2) is 40.5 Å². The van der Waals surface area contributed by atoms with Gasteiger partial charge in [0.05, 0.1) is 6.04 Å². The van der Waals surface area contributed by atoms with Crippen LogP contribution in [0.3, 0.4) is 0 Å². The first kappa shape index (κ1) is 15.6. The lowest BCUT2D eigenvalue weighted by Gasteiger charge is -2.50. The largest absolute Gasteiger partial charge is 0.367 e. The average molecular weight is 376 g/mol. The van der Waals surface area contributed by atoms with Gasteiger partial charge in [-0.15, -0.1) is 0 Å². The number of carbonyl (C=O) groups excluding carboxylic acids is 2. The molecule has 2 saturated heterocycles. The molecule has 130 valence electrons. The molecule has 7 heteroatoms. The summed E-state index contributed by atoms with van der Waals surface area (Å²) in [6.07, 6.45) is 4.04. The summed E-state index contributed by atoms with van der Waals surface area (Å²) in [7, 11) is 0. The zero-order valence-electron chi connectivity index (χ0n) is 13.6. The van der Waals surface area contributed by atoms with Crippen molar-refractivity contribution in [3.8, 4) is 0 Å². The molecule has 2 atom stereocenters. The van der Waals surface area contributed by atoms with E-state index in [1.54, 1.807) is 4.90 Å². The summed E-state index contributed by atoms with van der Waals surface area (Å²) in [5.41, 5.74) is 0.834. The number of anilines is 1. The standard InChI is InChI=1S/C18H18ClN3O2S/c19-12-3-1-4-13-11(12)9-18(14-5-2-8-21(13)14)15(23)20-17(25)22(16(18)24)10-6-7-10/h1,3-4,10,14H,2,5-9H2,(H,20,23,25)/t14-,18+/m1/s1. The third kappa shape index (κ3) is 1.98. The molecule has 3 heterocycles. The van der Waals surface area contributed by atoms with Gasteiger partial charge in [-0.3, -0.25) is 14.5 Å². The van der Waals surface area contributed by atoms with Crippen LogP contribution in [0.4, 0.5) is 5.69 Å². The van der Waals surface area contributed by atoms with E-state index in [0.717, 1.165) is 43.5 Å². The quantitative estimate of drug-likeness (QED) is 0.604. The zero-order valence-corrected chi connectivity index (χ0v) is 15.2. The molecule has 1 aliphatic carbocycles. The van der Waals surface area contributed by atoms with Crippen LogP contribution < -0.4 is 10.2 Å². The molecule has 3 aliphatic heterocycles. The number of benzene rings is 1. The van der Waals surface area contributed by atoms with Gasteiger partial charge >= 0.3 is 0 Å². The van der Waals surface area contributed by atoms with Crippen molar-refractivity contribution in [2.75, 3.05) is 11.4 Å². The third-order valence-electron chi connectivity index (χ3n) is 6.04. The van der Waals surface area contributed by atoms with Crippen LogP contribution >= 0.6 is 23.8 Å². The van der Waals surface area contributed by atoms with Crippen LogP contribution in [0.1, 0.15) is 31.2 Å². The van der Waals surface area contributed by atoms with Crippen molar-refractivity contribution in [2.45, 2.75) is 44.2 Å². The minimum atomic E-state index is -1.13. The Morgan fingerprint density at radius 2 is 2.04 bits per heavy atom. The molecule has 5 nitrogen and oxygen atoms in total. The van der Waals surface area contributed by atoms with E-state index in [-0.39, 0.29) is 29.0 Å². The molecule has 0 bridgehead atoms. The molecule has 3 fully saturated rings. The third-order valence-corrected chi connectivity index (χ3v) is 6.69. The minimum Gasteiger partial charge on any atom is -0.367 e. The second-order valence-corrected chi connectivity index (χ2v) is 8.20. The summed E-state index contributed by atoms with van der Waals surface area (Å²) in [5.74, 6) is -0.395. The number of fused-ring (bicyclic) bond motifs is 4. The van der Waals surface area contributed by atoms with Crippen LogP contribution in [0.2, 0.25) is 5.02 Å². The van der Waals surface area contributed by atoms with E-state index >= 15 is 0 Å². The van der Waals surface area contributed by atoms with Gasteiger partial charge in [-0.1, -0.05) is 17.7 Å². The molecule has 1 spiro atoms. The van der Waals surface area contributed by atoms with Gasteiger partial charge < -0.3 is 10.2 Å². The lowest BCUT2D eigenvalue weighted by molar-refractivity contribution is -0.152. The van der Waals surface area contributed by atoms with Gasteiger partial charge in [0.1, 0.15) is 0 Å². The van der Waals surface area contributed by atoms with Crippen molar-refractivity contribution < 1.29 is 9.59 Å². The maximum atomic E-state index is 13.6. The molecule has 1 N–H and O–H groups in total. The van der Waals surface area contributed by atoms with E-state index in [9.17, 15) is 9.59 Å². The monoisotopic (exact) mass is 375 g/mol. The van der Waals surface area contributed by atoms with Crippen molar-refractivity contribution in [3.63, 3.8) is 0 Å². The van der Waals surface area contributed by atoms with Gasteiger partial charge in [0.2, 0.25) is 11.8 Å². The van der Waals surface area contributed by atoms with Crippen molar-refractivity contribution >= 4 is 46.4 Å². The van der Waals surface area contributed by atoms with Crippen LogP contribution in [0.5, 0.6) is 0 Å². The molecular formula is C18H18ClN3O2S. The van der Waals surface area contributed by atoms with Crippen LogP contribution in [-0.2, 0) is 16.0 Å². The summed E-state index contributed by atoms with van der Waals surface area (Å²) in [6, 6.07) is 5.82. The van der Waals surface area contributed by atoms with Crippen LogP contribution in [0, 0.1) is 5.41 Å². The normalized spacial score (nSPS) is 31.2. The van der Waals surface area contributed by atoms with E-state index in [1.807, 2.05) is 18.2 Å². The zero-order chi connectivity index (χ0) is 17.3. The first-order chi connectivity index (χ1) is 12.0. The number of halogens is 1. The Balaban J connectivity index is 1.69. The minimum absolute atomic E-state index is 0.129. The van der Waals surface area contributed by atoms with Gasteiger partial charge in [-0.05, 0) is 55.6 Å². The number of thiocarbonyl (C=S) groups is 1. The van der Waals surface area contributed by atoms with E-state index in [4.69, 9.17) is 23.8 Å². The van der Waals surface area contributed by atoms with E-state index in [1.165, 1.54) is 0 Å². The van der Waals surface area contributed by atoms with Gasteiger partial charge in [0.15, 0.2) is 10.5 Å². The molecule has 0 radical (unpaired) electrons. The maximum absolute atomic E-state index is 13.6. The first-order valence-corrected chi connectivity index (χ1v) is 9.56. The molecule has 25 heavy (non-hydrogen) atoms. The molecule has 0 aromatic heterocycles. The van der Waals surface area contributed by atoms with Gasteiger partial charge in [0.25, 0.3) is 0 Å². The lowest BCUT2D eigenvalue weighted by atomic mass is 9.68. The van der Waals surface area contributed by atoms with Gasteiger partial charge in [-0.25, -0.2) is 0 Å². The number of rotatable bonds is 1. The molecule has 0 unspecified atom stereocenters. The molecular weight excluding hydrogens is 358 g/mol. The highest BCUT2D eigenvalue weighted by molar-refractivity contribution is 7.80. The summed E-state index contributed by atoms with van der Waals surface area (Å²) >= 11 is 11.8. The number of hydrogen-bond acceptors (Lipinski definition) is 4. The van der Waals surface area contributed by atoms with E-state index in [2.05, 4.69) is 10.2 Å². The molecule has 2 amide bonds. The first-order valence-electron chi connectivity index (χ1n) is 8.77. The van der Waals surface area contributed by atoms with Crippen molar-refractivity contribution in [1.29, 1.82) is 0 Å². The van der Waals surface area contributed by atoms with Gasteiger partial charge in [-0.2, -0.15) is 0 Å². The van der Waals surface area contributed by atoms with Crippen molar-refractivity contribution in [3.05, 3.63) is 28.8 Å².